The summed E-state index contributed by atoms with van der Waals surface area (Å²) in [5.41, 5.74) is 6.22. The van der Waals surface area contributed by atoms with Gasteiger partial charge in [0, 0.05) is 12.5 Å². The first-order valence-corrected chi connectivity index (χ1v) is 10.1. The molecule has 184 valence electrons. The number of benzene rings is 2. The van der Waals surface area contributed by atoms with Gasteiger partial charge >= 0.3 is 12.1 Å². The second-order valence-electron chi connectivity index (χ2n) is 7.03. The van der Waals surface area contributed by atoms with Gasteiger partial charge in [-0.25, -0.2) is 8.78 Å². The second kappa shape index (κ2) is 10.2. The highest BCUT2D eigenvalue weighted by molar-refractivity contribution is 6.32. The summed E-state index contributed by atoms with van der Waals surface area (Å²) < 4.78 is 82.6. The average Bonchev–Trinajstić information content (AvgIpc) is 2.77. The summed E-state index contributed by atoms with van der Waals surface area (Å²) in [6.07, 6.45) is -4.60. The molecule has 0 aliphatic carbocycles. The number of allylic oxidation sites excluding steroid dienone is 1. The Bertz CT molecular complexity index is 1260. The lowest BCUT2D eigenvalue weighted by molar-refractivity contribution is -0.143. The average molecular weight is 516 g/mol. The van der Waals surface area contributed by atoms with Crippen LogP contribution in [0.4, 0.5) is 22.0 Å². The minimum absolute atomic E-state index is 0.180. The quantitative estimate of drug-likeness (QED) is 0.316. The van der Waals surface area contributed by atoms with Crippen molar-refractivity contribution in [2.45, 2.75) is 19.2 Å². The summed E-state index contributed by atoms with van der Waals surface area (Å²) in [5.74, 6) is -5.50. The lowest BCUT2D eigenvalue weighted by Gasteiger charge is -2.23. The summed E-state index contributed by atoms with van der Waals surface area (Å²) in [6.45, 7) is 0.580. The molecule has 1 aliphatic heterocycles. The van der Waals surface area contributed by atoms with Crippen molar-refractivity contribution in [3.05, 3.63) is 87.5 Å². The fourth-order valence-corrected chi connectivity index (χ4v) is 3.18. The zero-order valence-corrected chi connectivity index (χ0v) is 18.5. The standard InChI is InChI=1S/C23H15ClF5NO5/c1-11(31)33-10-18(34-17-9-7-15(25)19(20(17)26)22(30)32)16-8-6-14(21(24)35-16)12-2-4-13(5-3-12)23(27,28)29/h2-7,9,18H,10H2,1H3,(H2,30,32). The molecule has 6 nitrogen and oxygen atoms in total. The van der Waals surface area contributed by atoms with Gasteiger partial charge in [-0.1, -0.05) is 17.9 Å². The molecule has 0 radical (unpaired) electrons. The molecule has 0 bridgehead atoms. The van der Waals surface area contributed by atoms with Gasteiger partial charge in [0.15, 0.2) is 23.4 Å². The third kappa shape index (κ3) is 6.00. The van der Waals surface area contributed by atoms with Crippen molar-refractivity contribution in [1.82, 2.24) is 0 Å². The molecule has 2 aromatic rings. The number of rotatable bonds is 7. The van der Waals surface area contributed by atoms with Crippen LogP contribution in [0.25, 0.3) is 5.57 Å². The van der Waals surface area contributed by atoms with E-state index in [-0.39, 0.29) is 22.1 Å². The molecule has 35 heavy (non-hydrogen) atoms. The Balaban J connectivity index is 1.93. The Labute approximate surface area is 200 Å². The van der Waals surface area contributed by atoms with Crippen molar-refractivity contribution in [2.75, 3.05) is 6.61 Å². The number of nitrogens with two attached hydrogens (primary N) is 1. The number of carbonyl (C=O) groups excluding carboxylic acids is 2. The molecule has 1 atom stereocenters. The van der Waals surface area contributed by atoms with Gasteiger partial charge in [-0.15, -0.1) is 0 Å². The number of alkyl halides is 3. The zero-order chi connectivity index (χ0) is 25.9. The monoisotopic (exact) mass is 515 g/mol. The van der Waals surface area contributed by atoms with Crippen LogP contribution in [0.1, 0.15) is 28.4 Å². The fourth-order valence-electron chi connectivity index (χ4n) is 2.94. The maximum absolute atomic E-state index is 14.6. The summed E-state index contributed by atoms with van der Waals surface area (Å²) in [5, 5.41) is -0.285. The van der Waals surface area contributed by atoms with Crippen LogP contribution < -0.4 is 10.5 Å². The lowest BCUT2D eigenvalue weighted by Crippen LogP contribution is -2.29. The van der Waals surface area contributed by atoms with Crippen molar-refractivity contribution >= 4 is 29.1 Å². The molecule has 1 amide bonds. The molecule has 0 aromatic heterocycles. The van der Waals surface area contributed by atoms with Crippen molar-refractivity contribution in [2.24, 2.45) is 5.73 Å². The molecule has 1 aliphatic rings. The van der Waals surface area contributed by atoms with Crippen LogP contribution >= 0.6 is 11.6 Å². The fraction of sp³-hybridized carbons (Fsp3) is 0.174. The highest BCUT2D eigenvalue weighted by atomic mass is 35.5. The number of amides is 1. The van der Waals surface area contributed by atoms with E-state index in [1.165, 1.54) is 18.2 Å². The van der Waals surface area contributed by atoms with Gasteiger partial charge in [0.25, 0.3) is 5.91 Å². The first-order chi connectivity index (χ1) is 16.4. The van der Waals surface area contributed by atoms with Gasteiger partial charge in [0.2, 0.25) is 5.22 Å². The third-order valence-electron chi connectivity index (χ3n) is 4.60. The lowest BCUT2D eigenvalue weighted by atomic mass is 10.0. The van der Waals surface area contributed by atoms with E-state index in [0.717, 1.165) is 31.2 Å². The van der Waals surface area contributed by atoms with Gasteiger partial charge in [0.1, 0.15) is 18.0 Å². The number of carbonyl (C=O) groups is 2. The summed E-state index contributed by atoms with van der Waals surface area (Å²) >= 11 is 6.17. The van der Waals surface area contributed by atoms with E-state index in [1.54, 1.807) is 0 Å². The number of halogens is 6. The summed E-state index contributed by atoms with van der Waals surface area (Å²) in [7, 11) is 0. The molecule has 2 N–H and O–H groups in total. The van der Waals surface area contributed by atoms with Crippen LogP contribution in [0, 0.1) is 11.6 Å². The summed E-state index contributed by atoms with van der Waals surface area (Å²) in [6, 6.07) is 5.72. The van der Waals surface area contributed by atoms with E-state index < -0.39 is 59.3 Å². The predicted molar refractivity (Wildman–Crippen MR) is 113 cm³/mol. The first-order valence-electron chi connectivity index (χ1n) is 9.68. The maximum Gasteiger partial charge on any atom is 0.416 e. The Morgan fingerprint density at radius 1 is 1.14 bits per heavy atom. The van der Waals surface area contributed by atoms with Crippen molar-refractivity contribution in [3.8, 4) is 5.75 Å². The molecule has 12 heteroatoms. The zero-order valence-electron chi connectivity index (χ0n) is 17.7. The van der Waals surface area contributed by atoms with E-state index in [4.69, 9.17) is 31.5 Å². The van der Waals surface area contributed by atoms with Crippen LogP contribution in [0.15, 0.2) is 59.2 Å². The topological polar surface area (TPSA) is 87.9 Å². The van der Waals surface area contributed by atoms with Gasteiger partial charge in [-0.05, 0) is 47.5 Å². The molecule has 0 saturated carbocycles. The van der Waals surface area contributed by atoms with Crippen LogP contribution in [0.5, 0.6) is 5.75 Å². The Morgan fingerprint density at radius 2 is 1.80 bits per heavy atom. The Hall–Kier alpha value is -3.82. The number of hydrogen-bond acceptors (Lipinski definition) is 5. The summed E-state index contributed by atoms with van der Waals surface area (Å²) in [4.78, 5) is 22.7. The first kappa shape index (κ1) is 25.8. The van der Waals surface area contributed by atoms with E-state index in [0.29, 0.717) is 0 Å². The molecule has 1 heterocycles. The Morgan fingerprint density at radius 3 is 2.34 bits per heavy atom. The van der Waals surface area contributed by atoms with Crippen LogP contribution in [-0.2, 0) is 20.4 Å². The van der Waals surface area contributed by atoms with Gasteiger partial charge < -0.3 is 19.9 Å². The molecule has 0 spiro atoms. The van der Waals surface area contributed by atoms with E-state index >= 15 is 0 Å². The van der Waals surface area contributed by atoms with E-state index in [2.05, 4.69) is 5.73 Å². The third-order valence-corrected chi connectivity index (χ3v) is 4.88. The highest BCUT2D eigenvalue weighted by Gasteiger charge is 2.31. The van der Waals surface area contributed by atoms with Gasteiger partial charge in [-0.3, -0.25) is 9.59 Å². The molecule has 0 saturated heterocycles. The maximum atomic E-state index is 14.6. The smallest absolute Gasteiger partial charge is 0.416 e. The van der Waals surface area contributed by atoms with E-state index in [9.17, 15) is 31.5 Å². The number of hydrogen-bond donors (Lipinski definition) is 1. The van der Waals surface area contributed by atoms with Crippen LogP contribution in [0.2, 0.25) is 0 Å². The number of primary amides is 1. The van der Waals surface area contributed by atoms with Gasteiger partial charge in [-0.2, -0.15) is 13.2 Å². The molecular weight excluding hydrogens is 501 g/mol. The SMILES string of the molecule is CC(=O)OCC(Oc1ccc(F)c(C(N)=O)c1F)C1=C=CC(c2ccc(C(F)(F)F)cc2)=C(Cl)O1. The predicted octanol–water partition coefficient (Wildman–Crippen LogP) is 5.07. The molecule has 3 rings (SSSR count). The van der Waals surface area contributed by atoms with Gasteiger partial charge in [0.05, 0.1) is 5.56 Å². The molecular formula is C23H15ClF5NO5. The minimum Gasteiger partial charge on any atom is -0.475 e. The highest BCUT2D eigenvalue weighted by Crippen LogP contribution is 2.34. The van der Waals surface area contributed by atoms with E-state index in [1.807, 2.05) is 0 Å². The molecule has 0 fully saturated rings. The number of esters is 1. The molecule has 2 aromatic carbocycles. The second-order valence-corrected chi connectivity index (χ2v) is 7.37. The van der Waals surface area contributed by atoms with Crippen molar-refractivity contribution < 1.29 is 45.8 Å². The number of ether oxygens (including phenoxy) is 3. The minimum atomic E-state index is -4.52. The van der Waals surface area contributed by atoms with Crippen LogP contribution in [-0.4, -0.2) is 24.6 Å². The Kier molecular flexibility index (Phi) is 7.52. The van der Waals surface area contributed by atoms with Crippen molar-refractivity contribution in [1.29, 1.82) is 0 Å². The molecule has 1 unspecified atom stereocenters. The largest absolute Gasteiger partial charge is 0.475 e. The van der Waals surface area contributed by atoms with Crippen molar-refractivity contribution in [3.63, 3.8) is 0 Å². The van der Waals surface area contributed by atoms with Crippen LogP contribution in [0.3, 0.4) is 0 Å². The normalized spacial score (nSPS) is 14.2.